The Kier molecular flexibility index (Phi) is 2.68. The number of nitrogens with zero attached hydrogens (tertiary/aromatic N) is 3. The molecule has 4 aromatic rings. The molecule has 2 heterocycles. The molecule has 1 aliphatic rings. The Balaban J connectivity index is 1.97. The lowest BCUT2D eigenvalue weighted by Crippen LogP contribution is -1.98. The highest BCUT2D eigenvalue weighted by Crippen LogP contribution is 2.30. The molecule has 0 radical (unpaired) electrons. The third kappa shape index (κ3) is 1.80. The molecule has 23 heavy (non-hydrogen) atoms. The maximum Gasteiger partial charge on any atom is 0.220 e. The normalized spacial score (nSPS) is 14.3. The minimum atomic E-state index is 1.01. The molecule has 0 aliphatic heterocycles. The number of rotatable bonds is 1. The van der Waals surface area contributed by atoms with Crippen molar-refractivity contribution in [2.75, 3.05) is 0 Å². The van der Waals surface area contributed by atoms with Crippen molar-refractivity contribution in [2.45, 2.75) is 19.3 Å². The van der Waals surface area contributed by atoms with E-state index in [2.05, 4.69) is 75.7 Å². The van der Waals surface area contributed by atoms with Crippen LogP contribution in [0.5, 0.6) is 0 Å². The number of hydrogen-bond donors (Lipinski definition) is 0. The van der Waals surface area contributed by atoms with E-state index in [9.17, 15) is 0 Å². The van der Waals surface area contributed by atoms with Crippen molar-refractivity contribution >= 4 is 22.9 Å². The van der Waals surface area contributed by atoms with Crippen molar-refractivity contribution in [3.8, 4) is 5.69 Å². The number of hydrogen-bond acceptors (Lipinski definition) is 1. The Hall–Kier alpha value is -2.81. The van der Waals surface area contributed by atoms with Crippen molar-refractivity contribution < 1.29 is 0 Å². The molecule has 2 aromatic heterocycles. The van der Waals surface area contributed by atoms with Gasteiger partial charge in [-0.15, -0.1) is 0 Å². The Labute approximate surface area is 134 Å². The van der Waals surface area contributed by atoms with Gasteiger partial charge in [-0.25, -0.2) is 4.98 Å². The molecular weight excluding hydrogens is 282 g/mol. The minimum Gasteiger partial charge on any atom is -0.280 e. The first-order chi connectivity index (χ1) is 11.4. The summed E-state index contributed by atoms with van der Waals surface area (Å²) in [6.45, 7) is 0. The second kappa shape index (κ2) is 4.85. The monoisotopic (exact) mass is 299 g/mol. The molecule has 2 aromatic carbocycles. The molecule has 3 nitrogen and oxygen atoms in total. The summed E-state index contributed by atoms with van der Waals surface area (Å²) >= 11 is 0. The van der Waals surface area contributed by atoms with E-state index in [-0.39, 0.29) is 0 Å². The average molecular weight is 299 g/mol. The molecule has 112 valence electrons. The second-order valence-corrected chi connectivity index (χ2v) is 6.03. The van der Waals surface area contributed by atoms with Crippen LogP contribution in [-0.2, 0) is 6.42 Å². The standard InChI is InChI=1S/C20H17N3/c1-3-9-15(10-4-1)22-18-13-5-2-6-14-19(18)23-17-12-8-7-11-16(17)21-20(22)23/h1,3-5,7-13H,2,6,14H2. The number of imidazole rings is 2. The smallest absolute Gasteiger partial charge is 0.220 e. The van der Waals surface area contributed by atoms with E-state index in [1.165, 1.54) is 29.0 Å². The summed E-state index contributed by atoms with van der Waals surface area (Å²) in [5.41, 5.74) is 6.06. The van der Waals surface area contributed by atoms with Crippen LogP contribution in [0.25, 0.3) is 28.6 Å². The van der Waals surface area contributed by atoms with Crippen molar-refractivity contribution in [2.24, 2.45) is 0 Å². The van der Waals surface area contributed by atoms with Gasteiger partial charge < -0.3 is 0 Å². The molecule has 3 heteroatoms. The van der Waals surface area contributed by atoms with Gasteiger partial charge in [-0.2, -0.15) is 0 Å². The highest BCUT2D eigenvalue weighted by Gasteiger charge is 2.21. The number of aryl methyl sites for hydroxylation is 1. The predicted molar refractivity (Wildman–Crippen MR) is 94.0 cm³/mol. The average Bonchev–Trinajstić information content (AvgIpc) is 3.00. The summed E-state index contributed by atoms with van der Waals surface area (Å²) in [7, 11) is 0. The summed E-state index contributed by atoms with van der Waals surface area (Å²) in [4.78, 5) is 4.92. The van der Waals surface area contributed by atoms with E-state index in [0.717, 1.165) is 24.1 Å². The number of allylic oxidation sites excluding steroid dienone is 1. The third-order valence-corrected chi connectivity index (χ3v) is 4.62. The van der Waals surface area contributed by atoms with E-state index >= 15 is 0 Å². The predicted octanol–water partition coefficient (Wildman–Crippen LogP) is 4.63. The molecular formula is C20H17N3. The van der Waals surface area contributed by atoms with Gasteiger partial charge in [0, 0.05) is 5.69 Å². The van der Waals surface area contributed by atoms with Crippen LogP contribution in [-0.4, -0.2) is 14.0 Å². The molecule has 0 N–H and O–H groups in total. The van der Waals surface area contributed by atoms with E-state index in [4.69, 9.17) is 4.98 Å². The number of aromatic nitrogens is 3. The summed E-state index contributed by atoms with van der Waals surface area (Å²) < 4.78 is 4.63. The molecule has 0 spiro atoms. The molecule has 1 aliphatic carbocycles. The molecule has 0 saturated heterocycles. The fraction of sp³-hybridized carbons (Fsp3) is 0.150. The van der Waals surface area contributed by atoms with Gasteiger partial charge in [-0.1, -0.05) is 36.4 Å². The summed E-state index contributed by atoms with van der Waals surface area (Å²) in [5.74, 6) is 1.01. The lowest BCUT2D eigenvalue weighted by Gasteiger charge is -2.06. The fourth-order valence-corrected chi connectivity index (χ4v) is 3.61. The van der Waals surface area contributed by atoms with Crippen molar-refractivity contribution in [3.05, 3.63) is 72.1 Å². The molecule has 0 atom stereocenters. The van der Waals surface area contributed by atoms with E-state index in [0.29, 0.717) is 0 Å². The second-order valence-electron chi connectivity index (χ2n) is 6.03. The van der Waals surface area contributed by atoms with Gasteiger partial charge in [-0.05, 0) is 49.6 Å². The lowest BCUT2D eigenvalue weighted by molar-refractivity contribution is 0.822. The van der Waals surface area contributed by atoms with E-state index in [1.54, 1.807) is 0 Å². The van der Waals surface area contributed by atoms with E-state index < -0.39 is 0 Å². The van der Waals surface area contributed by atoms with Crippen LogP contribution < -0.4 is 0 Å². The van der Waals surface area contributed by atoms with Gasteiger partial charge in [0.15, 0.2) is 0 Å². The van der Waals surface area contributed by atoms with Crippen LogP contribution in [0.1, 0.15) is 24.2 Å². The van der Waals surface area contributed by atoms with Crippen LogP contribution in [0.2, 0.25) is 0 Å². The number of benzene rings is 2. The molecule has 0 amide bonds. The van der Waals surface area contributed by atoms with Gasteiger partial charge in [-0.3, -0.25) is 8.97 Å². The zero-order valence-electron chi connectivity index (χ0n) is 12.8. The maximum atomic E-state index is 4.92. The minimum absolute atomic E-state index is 1.01. The fourth-order valence-electron chi connectivity index (χ4n) is 3.61. The third-order valence-electron chi connectivity index (χ3n) is 4.62. The molecule has 0 unspecified atom stereocenters. The van der Waals surface area contributed by atoms with Crippen molar-refractivity contribution in [3.63, 3.8) is 0 Å². The molecule has 5 rings (SSSR count). The summed E-state index contributed by atoms with van der Waals surface area (Å²) in [5, 5.41) is 0. The van der Waals surface area contributed by atoms with E-state index in [1.807, 2.05) is 0 Å². The topological polar surface area (TPSA) is 22.2 Å². The molecule has 0 bridgehead atoms. The molecule has 0 saturated carbocycles. The van der Waals surface area contributed by atoms with Crippen LogP contribution in [0.15, 0.2) is 60.7 Å². The van der Waals surface area contributed by atoms with Crippen molar-refractivity contribution in [1.82, 2.24) is 14.0 Å². The molecule has 0 fully saturated rings. The van der Waals surface area contributed by atoms with Crippen LogP contribution in [0, 0.1) is 0 Å². The van der Waals surface area contributed by atoms with Crippen LogP contribution in [0.3, 0.4) is 0 Å². The Morgan fingerprint density at radius 2 is 1.74 bits per heavy atom. The van der Waals surface area contributed by atoms with Crippen molar-refractivity contribution in [1.29, 1.82) is 0 Å². The van der Waals surface area contributed by atoms with Gasteiger partial charge in [0.05, 0.1) is 22.4 Å². The Bertz CT molecular complexity index is 1040. The van der Waals surface area contributed by atoms with Crippen LogP contribution in [0.4, 0.5) is 0 Å². The SMILES string of the molecule is C1=Cc2c(n3c4ccccc4nc3n2-c2ccccc2)CCC1. The van der Waals surface area contributed by atoms with Gasteiger partial charge in [0.2, 0.25) is 5.78 Å². The lowest BCUT2D eigenvalue weighted by atomic mass is 10.2. The van der Waals surface area contributed by atoms with Gasteiger partial charge >= 0.3 is 0 Å². The van der Waals surface area contributed by atoms with Crippen LogP contribution >= 0.6 is 0 Å². The van der Waals surface area contributed by atoms with Gasteiger partial charge in [0.1, 0.15) is 0 Å². The number of para-hydroxylation sites is 3. The summed E-state index contributed by atoms with van der Waals surface area (Å²) in [6.07, 6.45) is 7.95. The van der Waals surface area contributed by atoms with Gasteiger partial charge in [0.25, 0.3) is 0 Å². The largest absolute Gasteiger partial charge is 0.280 e. The first kappa shape index (κ1) is 12.7. The Morgan fingerprint density at radius 3 is 2.65 bits per heavy atom. The number of fused-ring (bicyclic) bond motifs is 5. The quantitative estimate of drug-likeness (QED) is 0.502. The summed E-state index contributed by atoms with van der Waals surface area (Å²) in [6, 6.07) is 18.9. The Morgan fingerprint density at radius 1 is 0.913 bits per heavy atom. The maximum absolute atomic E-state index is 4.92. The highest BCUT2D eigenvalue weighted by molar-refractivity contribution is 5.82. The zero-order chi connectivity index (χ0) is 15.2. The first-order valence-electron chi connectivity index (χ1n) is 8.16. The highest BCUT2D eigenvalue weighted by atomic mass is 15.2. The zero-order valence-corrected chi connectivity index (χ0v) is 12.8. The first-order valence-corrected chi connectivity index (χ1v) is 8.16.